The molecule has 0 amide bonds. The van der Waals surface area contributed by atoms with Gasteiger partial charge in [-0.2, -0.15) is 0 Å². The molecule has 26 heavy (non-hydrogen) atoms. The van der Waals surface area contributed by atoms with Gasteiger partial charge in [0.05, 0.1) is 12.3 Å². The Labute approximate surface area is 158 Å². The molecule has 5 heteroatoms. The van der Waals surface area contributed by atoms with Crippen LogP contribution in [0.2, 0.25) is 0 Å². The van der Waals surface area contributed by atoms with Crippen molar-refractivity contribution in [3.05, 3.63) is 35.4 Å². The third kappa shape index (κ3) is 7.91. The van der Waals surface area contributed by atoms with Crippen LogP contribution in [0, 0.1) is 13.8 Å². The molecule has 0 bridgehead atoms. The lowest BCUT2D eigenvalue weighted by atomic mass is 10.1. The third-order valence-corrected chi connectivity index (χ3v) is 4.03. The molecule has 0 spiro atoms. The largest absolute Gasteiger partial charge is 0.493 e. The Balaban J connectivity index is 2.50. The van der Waals surface area contributed by atoms with Crippen molar-refractivity contribution in [1.29, 1.82) is 0 Å². The molecule has 5 nitrogen and oxygen atoms in total. The number of ether oxygens (including phenoxy) is 2. The Morgan fingerprint density at radius 1 is 1.19 bits per heavy atom. The minimum absolute atomic E-state index is 0.591. The fraction of sp³-hybridized carbons (Fsp3) is 0.571. The number of hydrogen-bond donors (Lipinski definition) is 0. The maximum absolute atomic E-state index is 6.04. The molecule has 0 heterocycles. The van der Waals surface area contributed by atoms with Crippen LogP contribution >= 0.6 is 0 Å². The van der Waals surface area contributed by atoms with Crippen molar-refractivity contribution in [1.82, 2.24) is 4.90 Å². The van der Waals surface area contributed by atoms with Gasteiger partial charge in [0, 0.05) is 13.1 Å². The van der Waals surface area contributed by atoms with Gasteiger partial charge in [0.1, 0.15) is 25.2 Å². The highest BCUT2D eigenvalue weighted by atomic mass is 16.6. The third-order valence-electron chi connectivity index (χ3n) is 4.03. The molecule has 146 valence electrons. The zero-order valence-corrected chi connectivity index (χ0v) is 17.2. The van der Waals surface area contributed by atoms with Crippen LogP contribution in [0.1, 0.15) is 38.3 Å². The molecule has 0 fully saturated rings. The van der Waals surface area contributed by atoms with E-state index in [2.05, 4.69) is 30.8 Å². The quantitative estimate of drug-likeness (QED) is 0.240. The first-order valence-electron chi connectivity index (χ1n) is 9.28. The van der Waals surface area contributed by atoms with Gasteiger partial charge in [-0.1, -0.05) is 24.2 Å². The van der Waals surface area contributed by atoms with Gasteiger partial charge in [-0.15, -0.1) is 0 Å². The summed E-state index contributed by atoms with van der Waals surface area (Å²) in [5.74, 6) is 1.85. The number of allylic oxidation sites excluding steroid dienone is 1. The first-order chi connectivity index (χ1) is 12.5. The van der Waals surface area contributed by atoms with Gasteiger partial charge in [0.2, 0.25) is 0 Å². The van der Waals surface area contributed by atoms with Crippen molar-refractivity contribution >= 4 is 5.71 Å². The Morgan fingerprint density at radius 2 is 1.88 bits per heavy atom. The first-order valence-corrected chi connectivity index (χ1v) is 9.28. The normalized spacial score (nSPS) is 12.0. The highest BCUT2D eigenvalue weighted by molar-refractivity contribution is 5.83. The lowest BCUT2D eigenvalue weighted by Gasteiger charge is -2.20. The molecule has 0 aliphatic heterocycles. The molecule has 0 atom stereocenters. The van der Waals surface area contributed by atoms with E-state index in [4.69, 9.17) is 14.3 Å². The van der Waals surface area contributed by atoms with Crippen LogP contribution in [0.4, 0.5) is 0 Å². The molecule has 0 radical (unpaired) electrons. The Morgan fingerprint density at radius 3 is 2.46 bits per heavy atom. The van der Waals surface area contributed by atoms with Gasteiger partial charge in [-0.25, -0.2) is 0 Å². The summed E-state index contributed by atoms with van der Waals surface area (Å²) in [5.41, 5.74) is 3.20. The Kier molecular flexibility index (Phi) is 10.5. The Hall–Kier alpha value is -2.01. The molecule has 0 saturated heterocycles. The van der Waals surface area contributed by atoms with E-state index < -0.39 is 0 Å². The van der Waals surface area contributed by atoms with Crippen LogP contribution in [-0.4, -0.2) is 50.6 Å². The molecule has 0 aromatic heterocycles. The summed E-state index contributed by atoms with van der Waals surface area (Å²) >= 11 is 0. The minimum Gasteiger partial charge on any atom is -0.493 e. The number of oxime groups is 1. The SMILES string of the molecule is C/C=C/COc1cc(C)c(OCCCN(CC)C/C(C)=N/OC)c(C)c1. The summed E-state index contributed by atoms with van der Waals surface area (Å²) in [4.78, 5) is 7.15. The maximum atomic E-state index is 6.04. The molecule has 1 aromatic carbocycles. The predicted molar refractivity (Wildman–Crippen MR) is 109 cm³/mol. The second kappa shape index (κ2) is 12.4. The lowest BCUT2D eigenvalue weighted by Crippen LogP contribution is -2.30. The zero-order valence-electron chi connectivity index (χ0n) is 17.2. The Bertz CT molecular complexity index is 574. The summed E-state index contributed by atoms with van der Waals surface area (Å²) in [7, 11) is 1.58. The molecule has 0 aliphatic carbocycles. The van der Waals surface area contributed by atoms with E-state index in [9.17, 15) is 0 Å². The minimum atomic E-state index is 0.591. The van der Waals surface area contributed by atoms with Crippen LogP contribution in [-0.2, 0) is 4.84 Å². The van der Waals surface area contributed by atoms with Gasteiger partial charge in [-0.05, 0) is 63.9 Å². The molecular weight excluding hydrogens is 328 g/mol. The second-order valence-electron chi connectivity index (χ2n) is 6.35. The molecule has 0 saturated carbocycles. The maximum Gasteiger partial charge on any atom is 0.125 e. The van der Waals surface area contributed by atoms with Crippen LogP contribution in [0.25, 0.3) is 0 Å². The van der Waals surface area contributed by atoms with Gasteiger partial charge < -0.3 is 14.3 Å². The number of nitrogens with zero attached hydrogens (tertiary/aromatic N) is 2. The van der Waals surface area contributed by atoms with Gasteiger partial charge >= 0.3 is 0 Å². The molecule has 0 aliphatic rings. The zero-order chi connectivity index (χ0) is 19.4. The summed E-state index contributed by atoms with van der Waals surface area (Å²) in [6.45, 7) is 14.3. The monoisotopic (exact) mass is 362 g/mol. The highest BCUT2D eigenvalue weighted by Crippen LogP contribution is 2.28. The van der Waals surface area contributed by atoms with Crippen LogP contribution in [0.15, 0.2) is 29.4 Å². The molecule has 0 unspecified atom stereocenters. The van der Waals surface area contributed by atoms with Crippen molar-refractivity contribution in [2.45, 2.75) is 41.0 Å². The van der Waals surface area contributed by atoms with E-state index in [0.29, 0.717) is 13.2 Å². The van der Waals surface area contributed by atoms with Crippen molar-refractivity contribution in [3.63, 3.8) is 0 Å². The molecule has 1 aromatic rings. The molecule has 1 rings (SSSR count). The fourth-order valence-electron chi connectivity index (χ4n) is 2.78. The van der Waals surface area contributed by atoms with Crippen molar-refractivity contribution in [2.75, 3.05) is 40.0 Å². The van der Waals surface area contributed by atoms with Crippen LogP contribution < -0.4 is 9.47 Å². The van der Waals surface area contributed by atoms with E-state index in [-0.39, 0.29) is 0 Å². The molecular formula is C21H34N2O3. The van der Waals surface area contributed by atoms with Crippen molar-refractivity contribution in [3.8, 4) is 11.5 Å². The smallest absolute Gasteiger partial charge is 0.125 e. The van der Waals surface area contributed by atoms with E-state index in [1.807, 2.05) is 38.1 Å². The number of hydrogen-bond acceptors (Lipinski definition) is 5. The average molecular weight is 363 g/mol. The second-order valence-corrected chi connectivity index (χ2v) is 6.35. The predicted octanol–water partition coefficient (Wildman–Crippen LogP) is 4.37. The fourth-order valence-corrected chi connectivity index (χ4v) is 2.78. The van der Waals surface area contributed by atoms with Gasteiger partial charge in [0.25, 0.3) is 0 Å². The van der Waals surface area contributed by atoms with Crippen LogP contribution in [0.3, 0.4) is 0 Å². The van der Waals surface area contributed by atoms with Gasteiger partial charge in [-0.3, -0.25) is 4.90 Å². The summed E-state index contributed by atoms with van der Waals surface area (Å²) < 4.78 is 11.8. The molecule has 0 N–H and O–H groups in total. The number of benzene rings is 1. The summed E-state index contributed by atoms with van der Waals surface area (Å²) in [6, 6.07) is 4.07. The van der Waals surface area contributed by atoms with Crippen molar-refractivity contribution < 1.29 is 14.3 Å². The average Bonchev–Trinajstić information content (AvgIpc) is 2.59. The van der Waals surface area contributed by atoms with Gasteiger partial charge in [0.15, 0.2) is 0 Å². The summed E-state index contributed by atoms with van der Waals surface area (Å²) in [6.07, 6.45) is 4.94. The standard InChI is InChI=1S/C21H34N2O3/c1-7-9-12-25-20-14-17(3)21(18(4)15-20)26-13-10-11-23(8-2)16-19(5)22-24-6/h7,9,14-15H,8,10-13,16H2,1-6H3/b9-7+,22-19+. The lowest BCUT2D eigenvalue weighted by molar-refractivity contribution is 0.208. The van der Waals surface area contributed by atoms with E-state index in [0.717, 1.165) is 54.4 Å². The first kappa shape index (κ1) is 22.0. The van der Waals surface area contributed by atoms with Crippen molar-refractivity contribution in [2.24, 2.45) is 5.16 Å². The van der Waals surface area contributed by atoms with E-state index >= 15 is 0 Å². The van der Waals surface area contributed by atoms with Crippen LogP contribution in [0.5, 0.6) is 11.5 Å². The topological polar surface area (TPSA) is 43.3 Å². The summed E-state index contributed by atoms with van der Waals surface area (Å²) in [5, 5.41) is 3.97. The number of aryl methyl sites for hydroxylation is 2. The van der Waals surface area contributed by atoms with E-state index in [1.165, 1.54) is 0 Å². The van der Waals surface area contributed by atoms with E-state index in [1.54, 1.807) is 7.11 Å². The highest BCUT2D eigenvalue weighted by Gasteiger charge is 2.09. The number of rotatable bonds is 12.